The van der Waals surface area contributed by atoms with Crippen molar-refractivity contribution in [1.82, 2.24) is 15.1 Å². The van der Waals surface area contributed by atoms with Crippen molar-refractivity contribution in [2.24, 2.45) is 0 Å². The van der Waals surface area contributed by atoms with Crippen LogP contribution in [0.5, 0.6) is 5.75 Å². The zero-order valence-electron chi connectivity index (χ0n) is 11.3. The number of aromatic nitrogens is 2. The standard InChI is InChI=1S/C14H22ClN3O/c15-14-13(19-12-4-2-1-3-5-12)10-17-18(14)11-6-8-16-9-7-11/h10-12,16H,1-9H2. The summed E-state index contributed by atoms with van der Waals surface area (Å²) in [5, 5.41) is 8.48. The van der Waals surface area contributed by atoms with Gasteiger partial charge in [-0.25, -0.2) is 4.68 Å². The number of nitrogens with one attached hydrogen (secondary N) is 1. The Balaban J connectivity index is 1.67. The van der Waals surface area contributed by atoms with Crippen LogP contribution in [-0.4, -0.2) is 29.0 Å². The summed E-state index contributed by atoms with van der Waals surface area (Å²) in [6.07, 6.45) is 10.5. The molecule has 1 N–H and O–H groups in total. The van der Waals surface area contributed by atoms with E-state index in [0.717, 1.165) is 44.5 Å². The molecule has 1 aromatic heterocycles. The third-order valence-electron chi connectivity index (χ3n) is 4.20. The van der Waals surface area contributed by atoms with E-state index in [0.29, 0.717) is 17.3 Å². The number of nitrogens with zero attached hydrogens (tertiary/aromatic N) is 2. The minimum absolute atomic E-state index is 0.330. The molecule has 2 heterocycles. The average molecular weight is 284 g/mol. The van der Waals surface area contributed by atoms with Gasteiger partial charge in [0.15, 0.2) is 10.9 Å². The van der Waals surface area contributed by atoms with E-state index >= 15 is 0 Å². The maximum atomic E-state index is 6.43. The van der Waals surface area contributed by atoms with Gasteiger partial charge in [0.2, 0.25) is 0 Å². The average Bonchev–Trinajstić information content (AvgIpc) is 2.82. The predicted molar refractivity (Wildman–Crippen MR) is 75.9 cm³/mol. The summed E-state index contributed by atoms with van der Waals surface area (Å²) < 4.78 is 7.97. The van der Waals surface area contributed by atoms with Gasteiger partial charge in [-0.05, 0) is 51.6 Å². The first kappa shape index (κ1) is 13.3. The quantitative estimate of drug-likeness (QED) is 0.926. The second kappa shape index (κ2) is 6.14. The van der Waals surface area contributed by atoms with Crippen LogP contribution in [-0.2, 0) is 0 Å². The normalized spacial score (nSPS) is 22.6. The lowest BCUT2D eigenvalue weighted by atomic mass is 9.98. The van der Waals surface area contributed by atoms with Gasteiger partial charge in [0.1, 0.15) is 0 Å². The highest BCUT2D eigenvalue weighted by atomic mass is 35.5. The van der Waals surface area contributed by atoms with Crippen molar-refractivity contribution >= 4 is 11.6 Å². The summed E-state index contributed by atoms with van der Waals surface area (Å²) in [4.78, 5) is 0. The summed E-state index contributed by atoms with van der Waals surface area (Å²) >= 11 is 6.43. The summed E-state index contributed by atoms with van der Waals surface area (Å²) in [7, 11) is 0. The van der Waals surface area contributed by atoms with Crippen molar-refractivity contribution in [1.29, 1.82) is 0 Å². The predicted octanol–water partition coefficient (Wildman–Crippen LogP) is 3.17. The Morgan fingerprint density at radius 3 is 2.63 bits per heavy atom. The van der Waals surface area contributed by atoms with Gasteiger partial charge < -0.3 is 10.1 Å². The minimum atomic E-state index is 0.330. The van der Waals surface area contributed by atoms with Gasteiger partial charge in [-0.2, -0.15) is 5.10 Å². The van der Waals surface area contributed by atoms with E-state index in [1.54, 1.807) is 6.20 Å². The molecule has 5 heteroatoms. The molecule has 1 aliphatic heterocycles. The topological polar surface area (TPSA) is 39.1 Å². The lowest BCUT2D eigenvalue weighted by molar-refractivity contribution is 0.154. The van der Waals surface area contributed by atoms with Crippen molar-refractivity contribution in [3.63, 3.8) is 0 Å². The summed E-state index contributed by atoms with van der Waals surface area (Å²) in [5.74, 6) is 0.770. The van der Waals surface area contributed by atoms with E-state index in [9.17, 15) is 0 Å². The Labute approximate surface area is 119 Å². The fourth-order valence-corrected chi connectivity index (χ4v) is 3.35. The van der Waals surface area contributed by atoms with Crippen molar-refractivity contribution in [3.8, 4) is 5.75 Å². The van der Waals surface area contributed by atoms with Crippen LogP contribution in [0, 0.1) is 0 Å². The summed E-state index contributed by atoms with van der Waals surface area (Å²) in [5.41, 5.74) is 0. The van der Waals surface area contributed by atoms with Crippen LogP contribution in [0.3, 0.4) is 0 Å². The summed E-state index contributed by atoms with van der Waals surface area (Å²) in [6, 6.07) is 0.414. The maximum Gasteiger partial charge on any atom is 0.176 e. The van der Waals surface area contributed by atoms with Crippen LogP contribution >= 0.6 is 11.6 Å². The molecule has 1 saturated heterocycles. The van der Waals surface area contributed by atoms with Crippen LogP contribution in [0.1, 0.15) is 51.0 Å². The van der Waals surface area contributed by atoms with Crippen LogP contribution in [0.2, 0.25) is 5.15 Å². The van der Waals surface area contributed by atoms with Crippen molar-refractivity contribution < 1.29 is 4.74 Å². The third-order valence-corrected chi connectivity index (χ3v) is 4.56. The lowest BCUT2D eigenvalue weighted by Gasteiger charge is -2.24. The maximum absolute atomic E-state index is 6.43. The smallest absolute Gasteiger partial charge is 0.176 e. The fourth-order valence-electron chi connectivity index (χ4n) is 3.08. The number of rotatable bonds is 3. The Kier molecular flexibility index (Phi) is 4.28. The highest BCUT2D eigenvalue weighted by Crippen LogP contribution is 2.32. The number of ether oxygens (including phenoxy) is 1. The molecule has 2 fully saturated rings. The molecule has 0 radical (unpaired) electrons. The molecule has 19 heavy (non-hydrogen) atoms. The van der Waals surface area contributed by atoms with Gasteiger partial charge in [-0.15, -0.1) is 0 Å². The van der Waals surface area contributed by atoms with Crippen molar-refractivity contribution in [2.45, 2.75) is 57.1 Å². The van der Waals surface area contributed by atoms with E-state index in [1.165, 1.54) is 19.3 Å². The van der Waals surface area contributed by atoms with Gasteiger partial charge in [0.05, 0.1) is 18.3 Å². The monoisotopic (exact) mass is 283 g/mol. The number of hydrogen-bond acceptors (Lipinski definition) is 3. The third kappa shape index (κ3) is 3.06. The van der Waals surface area contributed by atoms with Gasteiger partial charge in [-0.3, -0.25) is 0 Å². The van der Waals surface area contributed by atoms with E-state index in [2.05, 4.69) is 10.4 Å². The molecule has 0 unspecified atom stereocenters. The second-order valence-electron chi connectivity index (χ2n) is 5.60. The first-order chi connectivity index (χ1) is 9.34. The van der Waals surface area contributed by atoms with Gasteiger partial charge in [-0.1, -0.05) is 18.0 Å². The van der Waals surface area contributed by atoms with Gasteiger partial charge >= 0.3 is 0 Å². The zero-order chi connectivity index (χ0) is 13.1. The van der Waals surface area contributed by atoms with E-state index in [-0.39, 0.29) is 0 Å². The van der Waals surface area contributed by atoms with Crippen molar-refractivity contribution in [2.75, 3.05) is 13.1 Å². The molecule has 0 amide bonds. The minimum Gasteiger partial charge on any atom is -0.486 e. The second-order valence-corrected chi connectivity index (χ2v) is 5.96. The lowest BCUT2D eigenvalue weighted by Crippen LogP contribution is -2.29. The molecule has 1 saturated carbocycles. The fraction of sp³-hybridized carbons (Fsp3) is 0.786. The first-order valence-electron chi connectivity index (χ1n) is 7.45. The first-order valence-corrected chi connectivity index (χ1v) is 7.83. The Bertz CT molecular complexity index is 409. The molecule has 1 aromatic rings. The van der Waals surface area contributed by atoms with Gasteiger partial charge in [0, 0.05) is 0 Å². The van der Waals surface area contributed by atoms with Crippen LogP contribution < -0.4 is 10.1 Å². The molecule has 0 aromatic carbocycles. The Morgan fingerprint density at radius 1 is 1.16 bits per heavy atom. The van der Waals surface area contributed by atoms with E-state index in [4.69, 9.17) is 16.3 Å². The molecule has 3 rings (SSSR count). The number of piperidine rings is 1. The summed E-state index contributed by atoms with van der Waals surface area (Å²) in [6.45, 7) is 2.08. The number of halogens is 1. The molecular formula is C14H22ClN3O. The molecule has 2 aliphatic rings. The largest absolute Gasteiger partial charge is 0.486 e. The molecule has 0 spiro atoms. The highest BCUT2D eigenvalue weighted by Gasteiger charge is 2.22. The van der Waals surface area contributed by atoms with Crippen molar-refractivity contribution in [3.05, 3.63) is 11.3 Å². The molecule has 4 nitrogen and oxygen atoms in total. The van der Waals surface area contributed by atoms with Crippen LogP contribution in [0.4, 0.5) is 0 Å². The molecular weight excluding hydrogens is 262 g/mol. The Morgan fingerprint density at radius 2 is 1.89 bits per heavy atom. The zero-order valence-corrected chi connectivity index (χ0v) is 12.0. The molecule has 0 atom stereocenters. The molecule has 0 bridgehead atoms. The van der Waals surface area contributed by atoms with Crippen LogP contribution in [0.15, 0.2) is 6.20 Å². The Hall–Kier alpha value is -0.740. The van der Waals surface area contributed by atoms with Gasteiger partial charge in [0.25, 0.3) is 0 Å². The molecule has 1 aliphatic carbocycles. The van der Waals surface area contributed by atoms with E-state index in [1.807, 2.05) is 4.68 Å². The SMILES string of the molecule is Clc1c(OC2CCCCC2)cnn1C1CCNCC1. The molecule has 106 valence electrons. The highest BCUT2D eigenvalue weighted by molar-refractivity contribution is 6.31. The van der Waals surface area contributed by atoms with Crippen LogP contribution in [0.25, 0.3) is 0 Å². The van der Waals surface area contributed by atoms with E-state index < -0.39 is 0 Å². The number of hydrogen-bond donors (Lipinski definition) is 1.